The number of nitrogens with zero attached hydrogens (tertiary/aromatic N) is 1. The summed E-state index contributed by atoms with van der Waals surface area (Å²) in [6.07, 6.45) is 2.75. The predicted octanol–water partition coefficient (Wildman–Crippen LogP) is 2.66. The Morgan fingerprint density at radius 2 is 1.89 bits per heavy atom. The van der Waals surface area contributed by atoms with Gasteiger partial charge in [-0.1, -0.05) is 46.3 Å². The third-order valence-corrected chi connectivity index (χ3v) is 6.23. The fourth-order valence-corrected chi connectivity index (χ4v) is 4.63. The van der Waals surface area contributed by atoms with Gasteiger partial charge in [0.05, 0.1) is 5.75 Å². The van der Waals surface area contributed by atoms with Gasteiger partial charge >= 0.3 is 0 Å². The average Bonchev–Trinajstić information content (AvgIpc) is 2.36. The van der Waals surface area contributed by atoms with Crippen molar-refractivity contribution in [2.24, 2.45) is 5.92 Å². The van der Waals surface area contributed by atoms with Crippen LogP contribution in [0.4, 0.5) is 0 Å². The molecule has 0 bridgehead atoms. The molecule has 0 spiro atoms. The van der Waals surface area contributed by atoms with E-state index in [0.29, 0.717) is 23.7 Å². The van der Waals surface area contributed by atoms with E-state index in [4.69, 9.17) is 0 Å². The molecular weight excluding hydrogens is 326 g/mol. The van der Waals surface area contributed by atoms with Crippen LogP contribution in [0.15, 0.2) is 30.3 Å². The van der Waals surface area contributed by atoms with Crippen molar-refractivity contribution in [3.05, 3.63) is 35.9 Å². The van der Waals surface area contributed by atoms with Gasteiger partial charge in [-0.2, -0.15) is 0 Å². The van der Waals surface area contributed by atoms with Crippen molar-refractivity contribution < 1.29 is 8.42 Å². The van der Waals surface area contributed by atoms with Crippen molar-refractivity contribution in [3.63, 3.8) is 0 Å². The van der Waals surface area contributed by atoms with Crippen LogP contribution in [0.1, 0.15) is 18.4 Å². The monoisotopic (exact) mass is 345 g/mol. The van der Waals surface area contributed by atoms with Crippen molar-refractivity contribution in [3.8, 4) is 0 Å². The molecule has 0 unspecified atom stereocenters. The number of alkyl halides is 1. The molecule has 2 rings (SSSR count). The summed E-state index contributed by atoms with van der Waals surface area (Å²) in [5.41, 5.74) is 1.07. The molecule has 1 aliphatic carbocycles. The SMILES string of the molecule is CN(CC1CC(Br)C1)S(=O)(=O)CCc1ccccc1. The highest BCUT2D eigenvalue weighted by Gasteiger charge is 2.30. The number of sulfonamides is 1. The topological polar surface area (TPSA) is 37.4 Å². The number of hydrogen-bond donors (Lipinski definition) is 0. The molecule has 1 aromatic carbocycles. The first kappa shape index (κ1) is 15.0. The van der Waals surface area contributed by atoms with Crippen LogP contribution >= 0.6 is 15.9 Å². The zero-order valence-corrected chi connectivity index (χ0v) is 13.5. The Morgan fingerprint density at radius 3 is 2.47 bits per heavy atom. The van der Waals surface area contributed by atoms with E-state index in [1.54, 1.807) is 7.05 Å². The van der Waals surface area contributed by atoms with E-state index in [2.05, 4.69) is 15.9 Å². The van der Waals surface area contributed by atoms with Gasteiger partial charge in [0.1, 0.15) is 0 Å². The maximum Gasteiger partial charge on any atom is 0.214 e. The van der Waals surface area contributed by atoms with Gasteiger partial charge in [-0.05, 0) is 30.7 Å². The third kappa shape index (κ3) is 4.29. The van der Waals surface area contributed by atoms with Gasteiger partial charge in [-0.3, -0.25) is 0 Å². The normalized spacial score (nSPS) is 23.3. The summed E-state index contributed by atoms with van der Waals surface area (Å²) >= 11 is 3.53. The smallest absolute Gasteiger partial charge is 0.212 e. The molecule has 19 heavy (non-hydrogen) atoms. The second kappa shape index (κ2) is 6.37. The Labute approximate surface area is 124 Å². The van der Waals surface area contributed by atoms with E-state index in [1.807, 2.05) is 30.3 Å². The van der Waals surface area contributed by atoms with E-state index in [1.165, 1.54) is 4.31 Å². The first-order valence-corrected chi connectivity index (χ1v) is 9.12. The van der Waals surface area contributed by atoms with E-state index in [0.717, 1.165) is 18.4 Å². The Hall–Kier alpha value is -0.390. The van der Waals surface area contributed by atoms with Crippen LogP contribution in [0.5, 0.6) is 0 Å². The lowest BCUT2D eigenvalue weighted by Crippen LogP contribution is -2.39. The van der Waals surface area contributed by atoms with Gasteiger partial charge < -0.3 is 0 Å². The Bertz CT molecular complexity index is 497. The molecule has 1 aliphatic rings. The second-order valence-electron chi connectivity index (χ2n) is 5.27. The van der Waals surface area contributed by atoms with E-state index in [-0.39, 0.29) is 5.75 Å². The van der Waals surface area contributed by atoms with Crippen LogP contribution in [0, 0.1) is 5.92 Å². The molecule has 0 saturated heterocycles. The lowest BCUT2D eigenvalue weighted by Gasteiger charge is -2.34. The first-order chi connectivity index (χ1) is 8.97. The summed E-state index contributed by atoms with van der Waals surface area (Å²) in [7, 11) is -1.43. The predicted molar refractivity (Wildman–Crippen MR) is 82.0 cm³/mol. The summed E-state index contributed by atoms with van der Waals surface area (Å²) in [4.78, 5) is 0.581. The van der Waals surface area contributed by atoms with Crippen LogP contribution in [-0.4, -0.2) is 36.9 Å². The second-order valence-corrected chi connectivity index (χ2v) is 8.76. The van der Waals surface area contributed by atoms with Gasteiger partial charge in [0.15, 0.2) is 0 Å². The fraction of sp³-hybridized carbons (Fsp3) is 0.571. The molecule has 0 heterocycles. The lowest BCUT2D eigenvalue weighted by molar-refractivity contribution is 0.275. The molecule has 0 aliphatic heterocycles. The lowest BCUT2D eigenvalue weighted by atomic mass is 9.85. The van der Waals surface area contributed by atoms with Crippen molar-refractivity contribution in [1.82, 2.24) is 4.31 Å². The molecule has 0 N–H and O–H groups in total. The largest absolute Gasteiger partial charge is 0.214 e. The molecule has 1 fully saturated rings. The van der Waals surface area contributed by atoms with E-state index < -0.39 is 10.0 Å². The highest BCUT2D eigenvalue weighted by Crippen LogP contribution is 2.33. The van der Waals surface area contributed by atoms with E-state index in [9.17, 15) is 8.42 Å². The Kier molecular flexibility index (Phi) is 5.03. The molecule has 0 aromatic heterocycles. The molecule has 0 radical (unpaired) electrons. The van der Waals surface area contributed by atoms with Crippen molar-refractivity contribution >= 4 is 26.0 Å². The molecule has 0 amide bonds. The number of benzene rings is 1. The fourth-order valence-electron chi connectivity index (χ4n) is 2.33. The number of hydrogen-bond acceptors (Lipinski definition) is 2. The van der Waals surface area contributed by atoms with Crippen LogP contribution in [0.2, 0.25) is 0 Å². The minimum Gasteiger partial charge on any atom is -0.212 e. The van der Waals surface area contributed by atoms with Crippen LogP contribution in [-0.2, 0) is 16.4 Å². The molecule has 1 aromatic rings. The minimum atomic E-state index is -3.13. The average molecular weight is 346 g/mol. The number of halogens is 1. The van der Waals surface area contributed by atoms with Gasteiger partial charge in [0.2, 0.25) is 10.0 Å². The third-order valence-electron chi connectivity index (χ3n) is 3.66. The molecule has 1 saturated carbocycles. The molecule has 0 atom stereocenters. The Morgan fingerprint density at radius 1 is 1.26 bits per heavy atom. The van der Waals surface area contributed by atoms with Crippen molar-refractivity contribution in [2.45, 2.75) is 24.1 Å². The number of aryl methyl sites for hydroxylation is 1. The standard InChI is InChI=1S/C14H20BrNO2S/c1-16(11-13-9-14(15)10-13)19(17,18)8-7-12-5-3-2-4-6-12/h2-6,13-14H,7-11H2,1H3. The highest BCUT2D eigenvalue weighted by atomic mass is 79.9. The van der Waals surface area contributed by atoms with Gasteiger partial charge in [-0.25, -0.2) is 12.7 Å². The summed E-state index contributed by atoms with van der Waals surface area (Å²) in [6, 6.07) is 9.76. The maximum atomic E-state index is 12.2. The summed E-state index contributed by atoms with van der Waals surface area (Å²) in [5, 5.41) is 0. The zero-order valence-electron chi connectivity index (χ0n) is 11.1. The molecule has 5 heteroatoms. The van der Waals surface area contributed by atoms with Crippen LogP contribution in [0.25, 0.3) is 0 Å². The van der Waals surface area contributed by atoms with Crippen LogP contribution in [0.3, 0.4) is 0 Å². The summed E-state index contributed by atoms with van der Waals surface area (Å²) in [6.45, 7) is 0.652. The number of rotatable bonds is 6. The first-order valence-electron chi connectivity index (χ1n) is 6.59. The maximum absolute atomic E-state index is 12.2. The summed E-state index contributed by atoms with van der Waals surface area (Å²) in [5.74, 6) is 0.707. The zero-order chi connectivity index (χ0) is 13.9. The van der Waals surface area contributed by atoms with E-state index >= 15 is 0 Å². The van der Waals surface area contributed by atoms with Crippen LogP contribution < -0.4 is 0 Å². The van der Waals surface area contributed by atoms with Crippen molar-refractivity contribution in [2.75, 3.05) is 19.3 Å². The molecule has 106 valence electrons. The quantitative estimate of drug-likeness (QED) is 0.743. The molecule has 3 nitrogen and oxygen atoms in total. The van der Waals surface area contributed by atoms with Gasteiger partial charge in [0, 0.05) is 18.4 Å². The molecular formula is C14H20BrNO2S. The highest BCUT2D eigenvalue weighted by molar-refractivity contribution is 9.09. The minimum absolute atomic E-state index is 0.192. The van der Waals surface area contributed by atoms with Gasteiger partial charge in [-0.15, -0.1) is 0 Å². The summed E-state index contributed by atoms with van der Waals surface area (Å²) < 4.78 is 25.9. The Balaban J connectivity index is 1.84. The van der Waals surface area contributed by atoms with Crippen molar-refractivity contribution in [1.29, 1.82) is 0 Å². The van der Waals surface area contributed by atoms with Gasteiger partial charge in [0.25, 0.3) is 0 Å².